The number of aromatic nitrogens is 2. The first-order chi connectivity index (χ1) is 14.0. The summed E-state index contributed by atoms with van der Waals surface area (Å²) in [7, 11) is 0. The highest BCUT2D eigenvalue weighted by Gasteiger charge is 2.30. The van der Waals surface area contributed by atoms with Crippen LogP contribution in [0.3, 0.4) is 0 Å². The van der Waals surface area contributed by atoms with Crippen molar-refractivity contribution in [3.8, 4) is 11.5 Å². The van der Waals surface area contributed by atoms with Crippen LogP contribution in [0.15, 0.2) is 35.1 Å². The topological polar surface area (TPSA) is 97.5 Å². The third-order valence-electron chi connectivity index (χ3n) is 5.21. The van der Waals surface area contributed by atoms with Gasteiger partial charge in [0, 0.05) is 25.1 Å². The normalized spacial score (nSPS) is 16.0. The van der Waals surface area contributed by atoms with Crippen molar-refractivity contribution in [3.05, 3.63) is 52.4 Å². The molecule has 1 saturated heterocycles. The second-order valence-corrected chi connectivity index (χ2v) is 8.21. The van der Waals surface area contributed by atoms with E-state index in [0.717, 1.165) is 24.1 Å². The lowest BCUT2D eigenvalue weighted by Gasteiger charge is -2.26. The van der Waals surface area contributed by atoms with Crippen molar-refractivity contribution in [1.82, 2.24) is 9.97 Å². The monoisotopic (exact) mass is 413 g/mol. The summed E-state index contributed by atoms with van der Waals surface area (Å²) in [6, 6.07) is 5.38. The lowest BCUT2D eigenvalue weighted by atomic mass is 9.92. The molecule has 29 heavy (non-hydrogen) atoms. The Morgan fingerprint density at radius 3 is 2.83 bits per heavy atom. The number of furan rings is 1. The molecule has 1 atom stereocenters. The highest BCUT2D eigenvalue weighted by Crippen LogP contribution is 2.41. The molecule has 4 heterocycles. The minimum absolute atomic E-state index is 0.0883. The molecular formula is C21H23N3O4S. The third kappa shape index (κ3) is 4.24. The molecule has 3 aromatic heterocycles. The second-order valence-electron chi connectivity index (χ2n) is 7.18. The van der Waals surface area contributed by atoms with Crippen LogP contribution in [0.2, 0.25) is 0 Å². The molecule has 0 saturated carbocycles. The minimum atomic E-state index is -0.689. The standard InChI is InChI=1S/C21H23N3O4S/c1-12-10-15(11-22-13(12)2)20(26)24-21-23-17(16-4-3-7-28-16)19(29-21)18(25)14-5-8-27-9-6-14/h3-4,7,10-11,14,18,25H,5-6,8-9H2,1-2H3,(H,23,24,26). The lowest BCUT2D eigenvalue weighted by Crippen LogP contribution is -2.21. The first-order valence-corrected chi connectivity index (χ1v) is 10.4. The number of nitrogens with one attached hydrogen (secondary N) is 1. The van der Waals surface area contributed by atoms with Crippen molar-refractivity contribution < 1.29 is 19.1 Å². The van der Waals surface area contributed by atoms with Crippen molar-refractivity contribution in [3.63, 3.8) is 0 Å². The number of nitrogens with zero attached hydrogens (tertiary/aromatic N) is 2. The Kier molecular flexibility index (Phi) is 5.75. The Labute approximate surface area is 172 Å². The van der Waals surface area contributed by atoms with E-state index >= 15 is 0 Å². The molecule has 3 aromatic rings. The fourth-order valence-electron chi connectivity index (χ4n) is 3.36. The van der Waals surface area contributed by atoms with Gasteiger partial charge in [-0.15, -0.1) is 0 Å². The van der Waals surface area contributed by atoms with E-state index in [0.29, 0.717) is 40.2 Å². The number of hydrogen-bond acceptors (Lipinski definition) is 7. The van der Waals surface area contributed by atoms with E-state index in [4.69, 9.17) is 9.15 Å². The minimum Gasteiger partial charge on any atom is -0.463 e. The fraction of sp³-hybridized carbons (Fsp3) is 0.381. The Bertz CT molecular complexity index is 994. The maximum atomic E-state index is 12.7. The number of ether oxygens (including phenoxy) is 1. The fourth-order valence-corrected chi connectivity index (χ4v) is 4.40. The number of hydrogen-bond donors (Lipinski definition) is 2. The van der Waals surface area contributed by atoms with E-state index < -0.39 is 6.10 Å². The highest BCUT2D eigenvalue weighted by atomic mass is 32.1. The first kappa shape index (κ1) is 19.8. The number of thiazole rings is 1. The first-order valence-electron chi connectivity index (χ1n) is 9.58. The van der Waals surface area contributed by atoms with Crippen LogP contribution in [0.4, 0.5) is 5.13 Å². The molecule has 0 aliphatic carbocycles. The lowest BCUT2D eigenvalue weighted by molar-refractivity contribution is 0.00862. The van der Waals surface area contributed by atoms with E-state index in [1.165, 1.54) is 11.3 Å². The molecule has 1 aliphatic rings. The van der Waals surface area contributed by atoms with Crippen LogP contribution >= 0.6 is 11.3 Å². The number of rotatable bonds is 5. The van der Waals surface area contributed by atoms with E-state index in [1.54, 1.807) is 30.7 Å². The molecule has 0 radical (unpaired) electrons. The zero-order valence-corrected chi connectivity index (χ0v) is 17.2. The van der Waals surface area contributed by atoms with E-state index in [1.807, 2.05) is 13.8 Å². The molecule has 0 bridgehead atoms. The second kappa shape index (κ2) is 8.44. The predicted octanol–water partition coefficient (Wildman–Crippen LogP) is 4.13. The zero-order chi connectivity index (χ0) is 20.4. The average molecular weight is 413 g/mol. The summed E-state index contributed by atoms with van der Waals surface area (Å²) < 4.78 is 10.9. The molecule has 0 aromatic carbocycles. The summed E-state index contributed by atoms with van der Waals surface area (Å²) in [5, 5.41) is 14.3. The van der Waals surface area contributed by atoms with Gasteiger partial charge in [-0.3, -0.25) is 15.1 Å². The molecule has 8 heteroatoms. The van der Waals surface area contributed by atoms with Gasteiger partial charge in [-0.2, -0.15) is 0 Å². The van der Waals surface area contributed by atoms with Gasteiger partial charge >= 0.3 is 0 Å². The maximum absolute atomic E-state index is 12.7. The molecule has 1 fully saturated rings. The number of aryl methyl sites for hydroxylation is 2. The van der Waals surface area contributed by atoms with Gasteiger partial charge in [0.15, 0.2) is 10.9 Å². The van der Waals surface area contributed by atoms with Crippen LogP contribution in [-0.4, -0.2) is 34.2 Å². The summed E-state index contributed by atoms with van der Waals surface area (Å²) in [4.78, 5) is 22.2. The van der Waals surface area contributed by atoms with Gasteiger partial charge in [-0.25, -0.2) is 4.98 Å². The molecule has 152 valence electrons. The van der Waals surface area contributed by atoms with Crippen LogP contribution in [-0.2, 0) is 4.74 Å². The van der Waals surface area contributed by atoms with E-state index in [-0.39, 0.29) is 11.8 Å². The Balaban J connectivity index is 1.62. The van der Waals surface area contributed by atoms with Crippen LogP contribution in [0.1, 0.15) is 45.4 Å². The number of amides is 1. The number of pyridine rings is 1. The quantitative estimate of drug-likeness (QED) is 0.653. The summed E-state index contributed by atoms with van der Waals surface area (Å²) in [5.41, 5.74) is 2.86. The summed E-state index contributed by atoms with van der Waals surface area (Å²) in [6.45, 7) is 5.09. The van der Waals surface area contributed by atoms with Crippen molar-refractivity contribution in [2.24, 2.45) is 5.92 Å². The molecule has 1 unspecified atom stereocenters. The van der Waals surface area contributed by atoms with Crippen LogP contribution in [0.25, 0.3) is 11.5 Å². The van der Waals surface area contributed by atoms with E-state index in [9.17, 15) is 9.90 Å². The number of aliphatic hydroxyl groups excluding tert-OH is 1. The third-order valence-corrected chi connectivity index (χ3v) is 6.25. The number of anilines is 1. The number of aliphatic hydroxyl groups is 1. The van der Waals surface area contributed by atoms with Gasteiger partial charge < -0.3 is 14.3 Å². The Morgan fingerprint density at radius 2 is 2.14 bits per heavy atom. The van der Waals surface area contributed by atoms with Gasteiger partial charge in [0.05, 0.1) is 22.8 Å². The van der Waals surface area contributed by atoms with Crippen LogP contribution in [0.5, 0.6) is 0 Å². The van der Waals surface area contributed by atoms with Gasteiger partial charge in [0.2, 0.25) is 0 Å². The highest BCUT2D eigenvalue weighted by molar-refractivity contribution is 7.16. The summed E-state index contributed by atoms with van der Waals surface area (Å²) >= 11 is 1.28. The van der Waals surface area contributed by atoms with Gasteiger partial charge in [0.1, 0.15) is 5.69 Å². The summed E-state index contributed by atoms with van der Waals surface area (Å²) in [6.07, 6.45) is 4.00. The Hall–Kier alpha value is -2.55. The van der Waals surface area contributed by atoms with Crippen molar-refractivity contribution in [2.75, 3.05) is 18.5 Å². The van der Waals surface area contributed by atoms with Crippen molar-refractivity contribution >= 4 is 22.4 Å². The largest absolute Gasteiger partial charge is 0.463 e. The SMILES string of the molecule is Cc1cc(C(=O)Nc2nc(-c3ccco3)c(C(O)C3CCOCC3)s2)cnc1C. The summed E-state index contributed by atoms with van der Waals surface area (Å²) in [5.74, 6) is 0.369. The smallest absolute Gasteiger partial charge is 0.259 e. The molecular weight excluding hydrogens is 390 g/mol. The molecule has 0 spiro atoms. The molecule has 1 amide bonds. The maximum Gasteiger partial charge on any atom is 0.259 e. The molecule has 2 N–H and O–H groups in total. The van der Waals surface area contributed by atoms with Gasteiger partial charge in [-0.05, 0) is 56.4 Å². The van der Waals surface area contributed by atoms with Gasteiger partial charge in [0.25, 0.3) is 5.91 Å². The van der Waals surface area contributed by atoms with Crippen molar-refractivity contribution in [1.29, 1.82) is 0 Å². The van der Waals surface area contributed by atoms with Crippen LogP contribution < -0.4 is 5.32 Å². The number of carbonyl (C=O) groups excluding carboxylic acids is 1. The van der Waals surface area contributed by atoms with Gasteiger partial charge in [-0.1, -0.05) is 11.3 Å². The Morgan fingerprint density at radius 1 is 1.34 bits per heavy atom. The van der Waals surface area contributed by atoms with Crippen LogP contribution in [0, 0.1) is 19.8 Å². The molecule has 1 aliphatic heterocycles. The average Bonchev–Trinajstić information content (AvgIpc) is 3.40. The number of carbonyl (C=O) groups is 1. The van der Waals surface area contributed by atoms with Crippen molar-refractivity contribution in [2.45, 2.75) is 32.8 Å². The molecule has 7 nitrogen and oxygen atoms in total. The predicted molar refractivity (Wildman–Crippen MR) is 110 cm³/mol. The molecule has 4 rings (SSSR count). The zero-order valence-electron chi connectivity index (χ0n) is 16.3. The van der Waals surface area contributed by atoms with E-state index in [2.05, 4.69) is 15.3 Å².